The molecule has 0 spiro atoms. The second-order valence-corrected chi connectivity index (χ2v) is 4.53. The first-order valence-electron chi connectivity index (χ1n) is 5.16. The first-order valence-corrected chi connectivity index (χ1v) is 5.95. The number of nitrogens with zero attached hydrogens (tertiary/aromatic N) is 3. The quantitative estimate of drug-likeness (QED) is 0.877. The van der Waals surface area contributed by atoms with Gasteiger partial charge in [-0.1, -0.05) is 0 Å². The van der Waals surface area contributed by atoms with Crippen molar-refractivity contribution in [3.05, 3.63) is 39.0 Å². The van der Waals surface area contributed by atoms with Crippen molar-refractivity contribution in [1.82, 2.24) is 14.5 Å². The Balaban J connectivity index is 2.66. The topological polar surface area (TPSA) is 80.0 Å². The number of aromatic nitrogens is 3. The number of benzene rings is 1. The Kier molecular flexibility index (Phi) is 3.33. The minimum absolute atomic E-state index is 0.129. The molecule has 0 unspecified atom stereocenters. The van der Waals surface area contributed by atoms with Gasteiger partial charge in [-0.15, -0.1) is 0 Å². The normalized spacial score (nSPS) is 10.4. The summed E-state index contributed by atoms with van der Waals surface area (Å²) in [5, 5.41) is 12.2. The fourth-order valence-corrected chi connectivity index (χ4v) is 2.37. The SMILES string of the molecule is CNc1ncn(-c2c(C)cc(O)cc2Br)c(=O)n1. The van der Waals surface area contributed by atoms with Crippen molar-refractivity contribution < 1.29 is 5.11 Å². The molecule has 6 nitrogen and oxygen atoms in total. The predicted octanol–water partition coefficient (Wildman–Crippen LogP) is 1.45. The molecule has 0 atom stereocenters. The van der Waals surface area contributed by atoms with Crippen molar-refractivity contribution in [2.45, 2.75) is 6.92 Å². The first kappa shape index (κ1) is 12.6. The van der Waals surface area contributed by atoms with E-state index in [4.69, 9.17) is 0 Å². The Hall–Kier alpha value is -1.89. The van der Waals surface area contributed by atoms with Crippen molar-refractivity contribution in [3.8, 4) is 11.4 Å². The molecule has 1 aromatic carbocycles. The van der Waals surface area contributed by atoms with E-state index in [-0.39, 0.29) is 11.7 Å². The molecule has 1 heterocycles. The highest BCUT2D eigenvalue weighted by molar-refractivity contribution is 9.10. The van der Waals surface area contributed by atoms with Gasteiger partial charge in [-0.05, 0) is 40.5 Å². The van der Waals surface area contributed by atoms with E-state index in [0.717, 1.165) is 5.56 Å². The number of hydrogen-bond acceptors (Lipinski definition) is 5. The molecule has 0 fully saturated rings. The van der Waals surface area contributed by atoms with Crippen molar-refractivity contribution >= 4 is 21.9 Å². The highest BCUT2D eigenvalue weighted by atomic mass is 79.9. The van der Waals surface area contributed by atoms with Crippen LogP contribution >= 0.6 is 15.9 Å². The predicted molar refractivity (Wildman–Crippen MR) is 71.3 cm³/mol. The van der Waals surface area contributed by atoms with Gasteiger partial charge in [0, 0.05) is 11.5 Å². The van der Waals surface area contributed by atoms with Crippen molar-refractivity contribution in [1.29, 1.82) is 0 Å². The van der Waals surface area contributed by atoms with Crippen LogP contribution in [-0.4, -0.2) is 26.7 Å². The zero-order valence-corrected chi connectivity index (χ0v) is 11.4. The van der Waals surface area contributed by atoms with E-state index in [1.54, 1.807) is 20.0 Å². The molecule has 2 N–H and O–H groups in total. The first-order chi connectivity index (χ1) is 8.52. The van der Waals surface area contributed by atoms with Gasteiger partial charge in [-0.25, -0.2) is 14.3 Å². The van der Waals surface area contributed by atoms with E-state index in [1.165, 1.54) is 17.0 Å². The lowest BCUT2D eigenvalue weighted by atomic mass is 10.2. The van der Waals surface area contributed by atoms with Gasteiger partial charge in [0.15, 0.2) is 0 Å². The molecule has 2 aromatic rings. The van der Waals surface area contributed by atoms with Gasteiger partial charge in [-0.3, -0.25) is 0 Å². The molecule has 0 radical (unpaired) electrons. The van der Waals surface area contributed by atoms with E-state index in [2.05, 4.69) is 31.2 Å². The minimum Gasteiger partial charge on any atom is -0.508 e. The number of nitrogens with one attached hydrogen (secondary N) is 1. The fraction of sp³-hybridized carbons (Fsp3) is 0.182. The zero-order valence-electron chi connectivity index (χ0n) is 9.81. The lowest BCUT2D eigenvalue weighted by Gasteiger charge is -2.11. The standard InChI is InChI=1S/C11H11BrN4O2/c1-6-3-7(17)4-8(12)9(6)16-5-14-10(13-2)15-11(16)18/h3-5,17H,1-2H3,(H,13,15,18). The number of rotatable bonds is 2. The van der Waals surface area contributed by atoms with Crippen LogP contribution in [0.15, 0.2) is 27.7 Å². The Bertz CT molecular complexity index is 631. The van der Waals surface area contributed by atoms with E-state index < -0.39 is 5.69 Å². The summed E-state index contributed by atoms with van der Waals surface area (Å²) < 4.78 is 1.92. The van der Waals surface area contributed by atoms with Gasteiger partial charge in [0.25, 0.3) is 0 Å². The lowest BCUT2D eigenvalue weighted by Crippen LogP contribution is -2.23. The second kappa shape index (κ2) is 4.77. The molecule has 0 saturated heterocycles. The Morgan fingerprint density at radius 1 is 1.44 bits per heavy atom. The van der Waals surface area contributed by atoms with Gasteiger partial charge in [0.1, 0.15) is 12.1 Å². The Labute approximate surface area is 111 Å². The minimum atomic E-state index is -0.441. The Morgan fingerprint density at radius 2 is 2.17 bits per heavy atom. The molecule has 0 saturated carbocycles. The third-order valence-corrected chi connectivity index (χ3v) is 3.01. The number of hydrogen-bond donors (Lipinski definition) is 2. The summed E-state index contributed by atoms with van der Waals surface area (Å²) in [4.78, 5) is 19.6. The highest BCUT2D eigenvalue weighted by Gasteiger charge is 2.11. The molecule has 94 valence electrons. The molecule has 2 rings (SSSR count). The van der Waals surface area contributed by atoms with E-state index in [9.17, 15) is 9.90 Å². The van der Waals surface area contributed by atoms with E-state index >= 15 is 0 Å². The smallest absolute Gasteiger partial charge is 0.356 e. The van der Waals surface area contributed by atoms with Crippen LogP contribution in [0.1, 0.15) is 5.56 Å². The van der Waals surface area contributed by atoms with E-state index in [0.29, 0.717) is 10.2 Å². The molecule has 18 heavy (non-hydrogen) atoms. The van der Waals surface area contributed by atoms with Gasteiger partial charge in [-0.2, -0.15) is 4.98 Å². The van der Waals surface area contributed by atoms with Crippen LogP contribution in [-0.2, 0) is 0 Å². The van der Waals surface area contributed by atoms with Crippen LogP contribution in [0.4, 0.5) is 5.95 Å². The maximum Gasteiger partial charge on any atom is 0.356 e. The maximum atomic E-state index is 11.9. The Morgan fingerprint density at radius 3 is 2.72 bits per heavy atom. The average molecular weight is 311 g/mol. The number of anilines is 1. The number of phenols is 1. The molecule has 0 aliphatic carbocycles. The lowest BCUT2D eigenvalue weighted by molar-refractivity contribution is 0.474. The molecular formula is C11H11BrN4O2. The summed E-state index contributed by atoms with van der Waals surface area (Å²) in [6.07, 6.45) is 1.39. The molecule has 0 aliphatic rings. The van der Waals surface area contributed by atoms with Crippen molar-refractivity contribution in [3.63, 3.8) is 0 Å². The monoisotopic (exact) mass is 310 g/mol. The van der Waals surface area contributed by atoms with Crippen molar-refractivity contribution in [2.24, 2.45) is 0 Å². The molecule has 1 aromatic heterocycles. The summed E-state index contributed by atoms with van der Waals surface area (Å²) >= 11 is 3.31. The third-order valence-electron chi connectivity index (χ3n) is 2.41. The van der Waals surface area contributed by atoms with Crippen LogP contribution in [0, 0.1) is 6.92 Å². The molecule has 0 aliphatic heterocycles. The van der Waals surface area contributed by atoms with Gasteiger partial charge >= 0.3 is 5.69 Å². The summed E-state index contributed by atoms with van der Waals surface area (Å²) in [5.74, 6) is 0.396. The summed E-state index contributed by atoms with van der Waals surface area (Å²) in [6, 6.07) is 3.08. The highest BCUT2D eigenvalue weighted by Crippen LogP contribution is 2.28. The largest absolute Gasteiger partial charge is 0.508 e. The second-order valence-electron chi connectivity index (χ2n) is 3.68. The zero-order chi connectivity index (χ0) is 13.3. The number of halogens is 1. The van der Waals surface area contributed by atoms with Crippen LogP contribution in [0.2, 0.25) is 0 Å². The van der Waals surface area contributed by atoms with Gasteiger partial charge in [0.05, 0.1) is 5.69 Å². The van der Waals surface area contributed by atoms with Crippen LogP contribution < -0.4 is 11.0 Å². The number of aryl methyl sites for hydroxylation is 1. The summed E-state index contributed by atoms with van der Waals surface area (Å²) in [5.41, 5.74) is 0.911. The maximum absolute atomic E-state index is 11.9. The van der Waals surface area contributed by atoms with Crippen LogP contribution in [0.5, 0.6) is 5.75 Å². The fourth-order valence-electron chi connectivity index (χ4n) is 1.63. The molecule has 0 amide bonds. The van der Waals surface area contributed by atoms with Crippen LogP contribution in [0.3, 0.4) is 0 Å². The average Bonchev–Trinajstić information content (AvgIpc) is 2.29. The number of aromatic hydroxyl groups is 1. The molecule has 7 heteroatoms. The van der Waals surface area contributed by atoms with Gasteiger partial charge < -0.3 is 10.4 Å². The van der Waals surface area contributed by atoms with Crippen LogP contribution in [0.25, 0.3) is 5.69 Å². The van der Waals surface area contributed by atoms with Crippen molar-refractivity contribution in [2.75, 3.05) is 12.4 Å². The molecule has 0 bridgehead atoms. The van der Waals surface area contributed by atoms with E-state index in [1.807, 2.05) is 0 Å². The number of phenolic OH excluding ortho intramolecular Hbond substituents is 1. The van der Waals surface area contributed by atoms with Gasteiger partial charge in [0.2, 0.25) is 5.95 Å². The summed E-state index contributed by atoms with van der Waals surface area (Å²) in [6.45, 7) is 1.79. The summed E-state index contributed by atoms with van der Waals surface area (Å²) in [7, 11) is 1.64. The molecular weight excluding hydrogens is 300 g/mol. The third kappa shape index (κ3) is 2.21.